The maximum absolute atomic E-state index is 12.9. The van der Waals surface area contributed by atoms with E-state index in [1.807, 2.05) is 0 Å². The van der Waals surface area contributed by atoms with Crippen molar-refractivity contribution in [2.45, 2.75) is 63.1 Å². The second-order valence-electron chi connectivity index (χ2n) is 7.93. The third-order valence-electron chi connectivity index (χ3n) is 5.92. The minimum Gasteiger partial charge on any atom is -0.315 e. The number of urea groups is 1. The molecule has 3 N–H and O–H groups in total. The monoisotopic (exact) mass is 449 g/mol. The van der Waals surface area contributed by atoms with Crippen LogP contribution in [0, 0.1) is 0 Å². The van der Waals surface area contributed by atoms with Crippen molar-refractivity contribution in [2.24, 2.45) is 9.50 Å². The van der Waals surface area contributed by atoms with Crippen LogP contribution in [-0.4, -0.2) is 16.9 Å². The van der Waals surface area contributed by atoms with Gasteiger partial charge in [0.2, 0.25) is 0 Å². The highest BCUT2D eigenvalue weighted by Gasteiger charge is 2.25. The van der Waals surface area contributed by atoms with Crippen LogP contribution in [-0.2, 0) is 40.3 Å². The Morgan fingerprint density at radius 3 is 2.23 bits per heavy atom. The Morgan fingerprint density at radius 1 is 1.10 bits per heavy atom. The Kier molecular flexibility index (Phi) is 6.09. The molecule has 31 heavy (non-hydrogen) atoms. The summed E-state index contributed by atoms with van der Waals surface area (Å²) in [6.45, 7) is -1.41. The highest BCUT2D eigenvalue weighted by Crippen LogP contribution is 2.38. The van der Waals surface area contributed by atoms with E-state index in [1.165, 1.54) is 42.3 Å². The van der Waals surface area contributed by atoms with Crippen LogP contribution in [0.2, 0.25) is 0 Å². The average Bonchev–Trinajstić information content (AvgIpc) is 3.36. The molecule has 0 saturated carbocycles. The van der Waals surface area contributed by atoms with Crippen LogP contribution < -0.4 is 10.5 Å². The number of alkyl halides is 2. The lowest BCUT2D eigenvalue weighted by atomic mass is 9.99. The quantitative estimate of drug-likeness (QED) is 0.680. The summed E-state index contributed by atoms with van der Waals surface area (Å²) in [5.41, 5.74) is 6.09. The fraction of sp³-hybridized carbons (Fsp3) is 0.409. The predicted molar refractivity (Wildman–Crippen MR) is 114 cm³/mol. The lowest BCUT2D eigenvalue weighted by Crippen LogP contribution is -2.19. The van der Waals surface area contributed by atoms with Crippen molar-refractivity contribution >= 4 is 21.6 Å². The molecule has 0 bridgehead atoms. The van der Waals surface area contributed by atoms with Crippen LogP contribution in [0.4, 0.5) is 19.3 Å². The molecule has 2 aliphatic carbocycles. The van der Waals surface area contributed by atoms with E-state index in [4.69, 9.17) is 5.14 Å². The predicted octanol–water partition coefficient (Wildman–Crippen LogP) is 4.90. The van der Waals surface area contributed by atoms with Crippen molar-refractivity contribution in [1.29, 1.82) is 0 Å². The molecule has 0 heterocycles. The molecule has 4 rings (SSSR count). The number of rotatable bonds is 5. The molecule has 1 unspecified atom stereocenters. The number of hydrogen-bond acceptors (Lipinski definition) is 3. The Bertz CT molecular complexity index is 1090. The Morgan fingerprint density at radius 2 is 1.68 bits per heavy atom. The van der Waals surface area contributed by atoms with Crippen molar-refractivity contribution in [3.8, 4) is 0 Å². The molecule has 0 aliphatic heterocycles. The number of amides is 2. The van der Waals surface area contributed by atoms with Gasteiger partial charge in [0.15, 0.2) is 0 Å². The minimum absolute atomic E-state index is 0.138. The summed E-state index contributed by atoms with van der Waals surface area (Å²) in [4.78, 5) is 12.8. The first-order valence-electron chi connectivity index (χ1n) is 10.3. The number of hydrogen-bond donors (Lipinski definition) is 2. The lowest BCUT2D eigenvalue weighted by molar-refractivity contribution is -0.159. The van der Waals surface area contributed by atoms with Gasteiger partial charge >= 0.3 is 12.6 Å². The van der Waals surface area contributed by atoms with E-state index in [9.17, 15) is 17.8 Å². The fourth-order valence-corrected chi connectivity index (χ4v) is 5.36. The van der Waals surface area contributed by atoms with Crippen LogP contribution in [0.25, 0.3) is 0 Å². The SMILES string of the molecule is C[C@@H](OC(F)F)c1ccc(S(N)(=O)=NC(=O)Nc2c3c(cc4c2CCC4)CCC3)cc1. The summed E-state index contributed by atoms with van der Waals surface area (Å²) in [6, 6.07) is 7.30. The fourth-order valence-electron chi connectivity index (χ4n) is 4.44. The number of nitrogens with two attached hydrogens (primary N) is 1. The van der Waals surface area contributed by atoms with Crippen molar-refractivity contribution in [3.63, 3.8) is 0 Å². The molecule has 2 aromatic rings. The number of benzene rings is 2. The summed E-state index contributed by atoms with van der Waals surface area (Å²) in [6.07, 6.45) is 5.04. The van der Waals surface area contributed by atoms with Crippen LogP contribution in [0.3, 0.4) is 0 Å². The van der Waals surface area contributed by atoms with Gasteiger partial charge in [-0.15, -0.1) is 4.36 Å². The maximum Gasteiger partial charge on any atom is 0.354 e. The molecule has 2 aromatic carbocycles. The van der Waals surface area contributed by atoms with Crippen molar-refractivity contribution in [2.75, 3.05) is 5.32 Å². The number of aryl methyl sites for hydroxylation is 2. The van der Waals surface area contributed by atoms with Gasteiger partial charge in [0.25, 0.3) is 0 Å². The number of ether oxygens (including phenoxy) is 1. The van der Waals surface area contributed by atoms with E-state index in [-0.39, 0.29) is 4.90 Å². The molecular formula is C22H25F2N3O3S. The Balaban J connectivity index is 1.57. The first-order chi connectivity index (χ1) is 14.7. The van der Waals surface area contributed by atoms with Crippen molar-refractivity contribution < 1.29 is 22.5 Å². The number of nitrogens with zero attached hydrogens (tertiary/aromatic N) is 1. The molecule has 0 aromatic heterocycles. The van der Waals surface area contributed by atoms with Gasteiger partial charge in [-0.2, -0.15) is 8.78 Å². The van der Waals surface area contributed by atoms with Gasteiger partial charge in [-0.05, 0) is 85.4 Å². The number of fused-ring (bicyclic) bond motifs is 2. The van der Waals surface area contributed by atoms with E-state index >= 15 is 0 Å². The first kappa shape index (κ1) is 21.9. The molecule has 2 amide bonds. The molecule has 0 spiro atoms. The number of carbonyl (C=O) groups is 1. The molecule has 0 saturated heterocycles. The summed E-state index contributed by atoms with van der Waals surface area (Å²) in [5, 5.41) is 8.73. The summed E-state index contributed by atoms with van der Waals surface area (Å²) in [5.74, 6) is 0. The lowest BCUT2D eigenvalue weighted by Gasteiger charge is -2.15. The van der Waals surface area contributed by atoms with Crippen molar-refractivity contribution in [3.05, 3.63) is 58.1 Å². The number of carbonyl (C=O) groups excluding carboxylic acids is 1. The van der Waals surface area contributed by atoms with Gasteiger partial charge in [0.1, 0.15) is 9.92 Å². The second-order valence-corrected chi connectivity index (χ2v) is 9.72. The molecule has 0 radical (unpaired) electrons. The van der Waals surface area contributed by atoms with E-state index in [0.29, 0.717) is 5.56 Å². The summed E-state index contributed by atoms with van der Waals surface area (Å²) >= 11 is 0. The van der Waals surface area contributed by atoms with Gasteiger partial charge < -0.3 is 10.1 Å². The molecule has 2 aliphatic rings. The van der Waals surface area contributed by atoms with Gasteiger partial charge in [-0.3, -0.25) is 0 Å². The molecule has 9 heteroatoms. The van der Waals surface area contributed by atoms with E-state index in [2.05, 4.69) is 20.5 Å². The maximum atomic E-state index is 12.9. The Hall–Kier alpha value is -2.36. The number of halogens is 2. The third kappa shape index (κ3) is 4.63. The van der Waals surface area contributed by atoms with Gasteiger partial charge in [0.05, 0.1) is 11.0 Å². The molecule has 2 atom stereocenters. The van der Waals surface area contributed by atoms with Crippen LogP contribution in [0.15, 0.2) is 39.6 Å². The van der Waals surface area contributed by atoms with Crippen LogP contribution >= 0.6 is 0 Å². The first-order valence-corrected chi connectivity index (χ1v) is 11.9. The number of anilines is 1. The normalized spacial score (nSPS) is 17.7. The van der Waals surface area contributed by atoms with Gasteiger partial charge in [0, 0.05) is 5.69 Å². The Labute approximate surface area is 180 Å². The van der Waals surface area contributed by atoms with E-state index < -0.39 is 28.7 Å². The molecule has 0 fully saturated rings. The number of nitrogens with one attached hydrogen (secondary N) is 1. The third-order valence-corrected chi connectivity index (χ3v) is 7.30. The smallest absolute Gasteiger partial charge is 0.315 e. The molecule has 166 valence electrons. The highest BCUT2D eigenvalue weighted by molar-refractivity contribution is 7.91. The summed E-state index contributed by atoms with van der Waals surface area (Å²) in [7, 11) is -3.50. The minimum atomic E-state index is -3.50. The van der Waals surface area contributed by atoms with Gasteiger partial charge in [-0.1, -0.05) is 18.2 Å². The van der Waals surface area contributed by atoms with Crippen LogP contribution in [0.1, 0.15) is 53.7 Å². The van der Waals surface area contributed by atoms with E-state index in [1.54, 1.807) is 0 Å². The molecule has 6 nitrogen and oxygen atoms in total. The zero-order valence-corrected chi connectivity index (χ0v) is 18.0. The highest BCUT2D eigenvalue weighted by atomic mass is 32.2. The summed E-state index contributed by atoms with van der Waals surface area (Å²) < 4.78 is 45.9. The average molecular weight is 450 g/mol. The van der Waals surface area contributed by atoms with Crippen LogP contribution in [0.5, 0.6) is 0 Å². The van der Waals surface area contributed by atoms with Crippen molar-refractivity contribution in [1.82, 2.24) is 0 Å². The standard InChI is InChI=1S/C22H25F2N3O3S/c1-13(30-21(23)24)14-8-10-17(11-9-14)31(25,29)27-22(28)26-20-18-6-2-4-15(18)12-16-5-3-7-19(16)20/h8-13,21H,2-7H2,1H3,(H3,25,26,27,28,29)/t13-,31?/m1/s1. The van der Waals surface area contributed by atoms with E-state index in [0.717, 1.165) is 55.3 Å². The van der Waals surface area contributed by atoms with Gasteiger partial charge in [-0.25, -0.2) is 14.1 Å². The topological polar surface area (TPSA) is 93.8 Å². The second kappa shape index (κ2) is 8.64. The largest absolute Gasteiger partial charge is 0.354 e. The zero-order chi connectivity index (χ0) is 22.2. The molecular weight excluding hydrogens is 424 g/mol. The zero-order valence-electron chi connectivity index (χ0n) is 17.2.